The van der Waals surface area contributed by atoms with Crippen molar-refractivity contribution >= 4 is 41.5 Å². The Hall–Kier alpha value is -1.30. The van der Waals surface area contributed by atoms with Crippen molar-refractivity contribution in [2.24, 2.45) is 11.7 Å². The van der Waals surface area contributed by atoms with Crippen molar-refractivity contribution in [3.8, 4) is 0 Å². The van der Waals surface area contributed by atoms with E-state index in [1.165, 1.54) is 4.90 Å². The number of nitrogens with one attached hydrogen (secondary N) is 1. The van der Waals surface area contributed by atoms with Gasteiger partial charge in [0.05, 0.1) is 10.6 Å². The molecule has 0 saturated carbocycles. The molecule has 1 aromatic rings. The molecular weight excluding hydrogens is 325 g/mol. The fourth-order valence-corrected chi connectivity index (χ4v) is 1.80. The fourth-order valence-electron chi connectivity index (χ4n) is 1.60. The average Bonchev–Trinajstić information content (AvgIpc) is 2.46. The van der Waals surface area contributed by atoms with E-state index in [4.69, 9.17) is 17.3 Å². The summed E-state index contributed by atoms with van der Waals surface area (Å²) in [7, 11) is 1.68. The molecule has 1 aromatic carbocycles. The summed E-state index contributed by atoms with van der Waals surface area (Å²) in [5.74, 6) is -0.474. The van der Waals surface area contributed by atoms with E-state index in [2.05, 4.69) is 5.32 Å². The Morgan fingerprint density at radius 2 is 1.91 bits per heavy atom. The van der Waals surface area contributed by atoms with Crippen molar-refractivity contribution in [3.05, 3.63) is 28.8 Å². The van der Waals surface area contributed by atoms with E-state index in [9.17, 15) is 9.59 Å². The van der Waals surface area contributed by atoms with Crippen LogP contribution in [-0.2, 0) is 4.79 Å². The van der Waals surface area contributed by atoms with Gasteiger partial charge in [0.25, 0.3) is 5.91 Å². The van der Waals surface area contributed by atoms with Crippen LogP contribution in [0.3, 0.4) is 0 Å². The first-order valence-corrected chi connectivity index (χ1v) is 7.23. The van der Waals surface area contributed by atoms with Crippen molar-refractivity contribution in [1.82, 2.24) is 4.90 Å². The Labute approximate surface area is 142 Å². The highest BCUT2D eigenvalue weighted by molar-refractivity contribution is 6.34. The van der Waals surface area contributed by atoms with Crippen molar-refractivity contribution in [3.63, 3.8) is 0 Å². The molecule has 0 spiro atoms. The van der Waals surface area contributed by atoms with E-state index >= 15 is 0 Å². The minimum atomic E-state index is -0.224. The molecule has 124 valence electrons. The number of nitrogens with two attached hydrogens (primary N) is 1. The molecule has 0 heterocycles. The second-order valence-electron chi connectivity index (χ2n) is 5.34. The summed E-state index contributed by atoms with van der Waals surface area (Å²) < 4.78 is 0. The van der Waals surface area contributed by atoms with Crippen LogP contribution < -0.4 is 11.1 Å². The monoisotopic (exact) mass is 347 g/mol. The summed E-state index contributed by atoms with van der Waals surface area (Å²) in [6.07, 6.45) is 0. The molecule has 0 aliphatic heterocycles. The highest BCUT2D eigenvalue weighted by Gasteiger charge is 2.20. The molecule has 7 heteroatoms. The van der Waals surface area contributed by atoms with Crippen LogP contribution in [0.4, 0.5) is 5.69 Å². The number of hydrogen-bond acceptors (Lipinski definition) is 3. The maximum atomic E-state index is 12.4. The summed E-state index contributed by atoms with van der Waals surface area (Å²) in [6, 6.07) is 4.77. The molecule has 22 heavy (non-hydrogen) atoms. The second kappa shape index (κ2) is 8.98. The molecule has 1 unspecified atom stereocenters. The standard InChI is InChI=1S/C15H22ClN3O2.ClH/c1-9(2)14(20)18-11-5-6-13(16)12(7-11)15(21)19(4)10(3)8-17;/h5-7,9-10H,8,17H2,1-4H3,(H,18,20);1H. The van der Waals surface area contributed by atoms with Gasteiger partial charge in [0.15, 0.2) is 0 Å². The summed E-state index contributed by atoms with van der Waals surface area (Å²) >= 11 is 6.09. The fraction of sp³-hybridized carbons (Fsp3) is 0.467. The van der Waals surface area contributed by atoms with E-state index in [1.54, 1.807) is 39.1 Å². The van der Waals surface area contributed by atoms with Crippen LogP contribution in [-0.4, -0.2) is 36.3 Å². The topological polar surface area (TPSA) is 75.4 Å². The van der Waals surface area contributed by atoms with E-state index in [0.29, 0.717) is 22.8 Å². The third-order valence-electron chi connectivity index (χ3n) is 3.31. The molecule has 3 N–H and O–H groups in total. The predicted molar refractivity (Wildman–Crippen MR) is 92.8 cm³/mol. The molecule has 1 rings (SSSR count). The van der Waals surface area contributed by atoms with Crippen LogP contribution in [0.25, 0.3) is 0 Å². The number of carbonyl (C=O) groups excluding carboxylic acids is 2. The van der Waals surface area contributed by atoms with Gasteiger partial charge >= 0.3 is 0 Å². The van der Waals surface area contributed by atoms with Gasteiger partial charge in [0, 0.05) is 31.2 Å². The molecule has 1 atom stereocenters. The van der Waals surface area contributed by atoms with Crippen molar-refractivity contribution < 1.29 is 9.59 Å². The van der Waals surface area contributed by atoms with E-state index in [0.717, 1.165) is 0 Å². The Bertz CT molecular complexity index is 536. The summed E-state index contributed by atoms with van der Waals surface area (Å²) in [4.78, 5) is 25.7. The molecule has 0 radical (unpaired) electrons. The molecule has 0 fully saturated rings. The summed E-state index contributed by atoms with van der Waals surface area (Å²) in [6.45, 7) is 5.82. The Morgan fingerprint density at radius 1 is 1.32 bits per heavy atom. The van der Waals surface area contributed by atoms with Gasteiger partial charge in [-0.05, 0) is 25.1 Å². The molecular formula is C15H23Cl2N3O2. The van der Waals surface area contributed by atoms with Gasteiger partial charge in [-0.25, -0.2) is 0 Å². The van der Waals surface area contributed by atoms with E-state index < -0.39 is 0 Å². The van der Waals surface area contributed by atoms with Gasteiger partial charge in [-0.2, -0.15) is 0 Å². The molecule has 0 bridgehead atoms. The molecule has 0 aromatic heterocycles. The molecule has 2 amide bonds. The lowest BCUT2D eigenvalue weighted by molar-refractivity contribution is -0.118. The second-order valence-corrected chi connectivity index (χ2v) is 5.75. The van der Waals surface area contributed by atoms with Crippen molar-refractivity contribution in [2.45, 2.75) is 26.8 Å². The normalized spacial score (nSPS) is 11.6. The number of nitrogens with zero attached hydrogens (tertiary/aromatic N) is 1. The minimum absolute atomic E-state index is 0. The quantitative estimate of drug-likeness (QED) is 0.859. The maximum Gasteiger partial charge on any atom is 0.255 e. The van der Waals surface area contributed by atoms with Gasteiger partial charge in [-0.1, -0.05) is 25.4 Å². The first-order valence-electron chi connectivity index (χ1n) is 6.85. The number of anilines is 1. The first kappa shape index (κ1) is 20.7. The zero-order valence-electron chi connectivity index (χ0n) is 13.2. The van der Waals surface area contributed by atoms with Crippen LogP contribution in [0.15, 0.2) is 18.2 Å². The lowest BCUT2D eigenvalue weighted by Crippen LogP contribution is -2.39. The van der Waals surface area contributed by atoms with Crippen LogP contribution >= 0.6 is 24.0 Å². The Balaban J connectivity index is 0.00000441. The molecule has 0 aliphatic carbocycles. The zero-order chi connectivity index (χ0) is 16.2. The van der Waals surface area contributed by atoms with Crippen molar-refractivity contribution in [2.75, 3.05) is 18.9 Å². The predicted octanol–water partition coefficient (Wildman–Crippen LogP) is 2.78. The van der Waals surface area contributed by atoms with Gasteiger partial charge in [0.2, 0.25) is 5.91 Å². The Kier molecular flexibility index (Phi) is 8.45. The third kappa shape index (κ3) is 5.16. The highest BCUT2D eigenvalue weighted by atomic mass is 35.5. The third-order valence-corrected chi connectivity index (χ3v) is 3.64. The average molecular weight is 348 g/mol. The largest absolute Gasteiger partial charge is 0.338 e. The zero-order valence-corrected chi connectivity index (χ0v) is 14.8. The smallest absolute Gasteiger partial charge is 0.255 e. The number of rotatable bonds is 5. The number of carbonyl (C=O) groups is 2. The summed E-state index contributed by atoms with van der Waals surface area (Å²) in [5.41, 5.74) is 6.47. The van der Waals surface area contributed by atoms with Gasteiger partial charge in [0.1, 0.15) is 0 Å². The number of amides is 2. The maximum absolute atomic E-state index is 12.4. The van der Waals surface area contributed by atoms with Crippen LogP contribution in [0.1, 0.15) is 31.1 Å². The minimum Gasteiger partial charge on any atom is -0.338 e. The number of likely N-dealkylation sites (N-methyl/N-ethyl adjacent to an activating group) is 1. The molecule has 0 saturated heterocycles. The summed E-state index contributed by atoms with van der Waals surface area (Å²) in [5, 5.41) is 3.10. The van der Waals surface area contributed by atoms with Crippen LogP contribution in [0.2, 0.25) is 5.02 Å². The lowest BCUT2D eigenvalue weighted by Gasteiger charge is -2.24. The van der Waals surface area contributed by atoms with Crippen LogP contribution in [0, 0.1) is 5.92 Å². The number of halogens is 2. The van der Waals surface area contributed by atoms with Gasteiger partial charge in [-0.15, -0.1) is 12.4 Å². The van der Waals surface area contributed by atoms with Crippen LogP contribution in [0.5, 0.6) is 0 Å². The van der Waals surface area contributed by atoms with Crippen molar-refractivity contribution in [1.29, 1.82) is 0 Å². The van der Waals surface area contributed by atoms with Gasteiger partial charge in [-0.3, -0.25) is 9.59 Å². The Morgan fingerprint density at radius 3 is 2.41 bits per heavy atom. The van der Waals surface area contributed by atoms with E-state index in [-0.39, 0.29) is 36.2 Å². The number of benzene rings is 1. The lowest BCUT2D eigenvalue weighted by atomic mass is 10.1. The highest BCUT2D eigenvalue weighted by Crippen LogP contribution is 2.23. The number of hydrogen-bond donors (Lipinski definition) is 2. The first-order chi connectivity index (χ1) is 9.77. The molecule has 0 aliphatic rings. The molecule has 5 nitrogen and oxygen atoms in total. The van der Waals surface area contributed by atoms with E-state index in [1.807, 2.05) is 6.92 Å². The van der Waals surface area contributed by atoms with Gasteiger partial charge < -0.3 is 16.0 Å². The SMILES string of the molecule is CC(C)C(=O)Nc1ccc(Cl)c(C(=O)N(C)C(C)CN)c1.Cl.